The van der Waals surface area contributed by atoms with E-state index >= 15 is 0 Å². The Labute approximate surface area is 119 Å². The van der Waals surface area contributed by atoms with E-state index in [0.717, 1.165) is 0 Å². The second kappa shape index (κ2) is 5.66. The number of carbonyl (C=O) groups is 1. The monoisotopic (exact) mass is 292 g/mol. The Kier molecular flexibility index (Phi) is 3.95. The van der Waals surface area contributed by atoms with Crippen LogP contribution in [0.2, 0.25) is 5.02 Å². The van der Waals surface area contributed by atoms with Gasteiger partial charge in [-0.25, -0.2) is 4.98 Å². The number of ketones is 1. The Bertz CT molecular complexity index is 671. The molecule has 0 bridgehead atoms. The largest absolute Gasteiger partial charge is 0.447 e. The minimum absolute atomic E-state index is 0.0588. The zero-order valence-electron chi connectivity index (χ0n) is 10.4. The van der Waals surface area contributed by atoms with E-state index in [1.807, 2.05) is 0 Å². The predicted molar refractivity (Wildman–Crippen MR) is 72.4 cm³/mol. The Hall–Kier alpha value is -2.47. The van der Waals surface area contributed by atoms with Crippen molar-refractivity contribution >= 4 is 23.1 Å². The molecule has 1 aromatic heterocycles. The van der Waals surface area contributed by atoms with Gasteiger partial charge in [0, 0.05) is 13.0 Å². The van der Waals surface area contributed by atoms with Crippen LogP contribution in [0.1, 0.15) is 17.4 Å². The van der Waals surface area contributed by atoms with Crippen molar-refractivity contribution < 1.29 is 14.5 Å². The molecule has 0 saturated heterocycles. The minimum Gasteiger partial charge on any atom is -0.447 e. The Morgan fingerprint density at radius 2 is 2.10 bits per heavy atom. The molecule has 0 amide bonds. The molecule has 0 aliphatic heterocycles. The molecule has 0 N–H and O–H groups in total. The van der Waals surface area contributed by atoms with Gasteiger partial charge >= 0.3 is 5.69 Å². The average Bonchev–Trinajstić information content (AvgIpc) is 2.41. The summed E-state index contributed by atoms with van der Waals surface area (Å²) in [5.41, 5.74) is 0.0409. The lowest BCUT2D eigenvalue weighted by Crippen LogP contribution is -1.97. The number of rotatable bonds is 4. The molecule has 0 aliphatic carbocycles. The number of ether oxygens (including phenoxy) is 1. The lowest BCUT2D eigenvalue weighted by atomic mass is 10.2. The zero-order chi connectivity index (χ0) is 14.7. The van der Waals surface area contributed by atoms with E-state index in [0.29, 0.717) is 0 Å². The first kappa shape index (κ1) is 14.0. The maximum atomic E-state index is 11.1. The van der Waals surface area contributed by atoms with Crippen LogP contribution in [0.25, 0.3) is 0 Å². The maximum absolute atomic E-state index is 11.1. The lowest BCUT2D eigenvalue weighted by Gasteiger charge is -2.07. The molecular weight excluding hydrogens is 284 g/mol. The van der Waals surface area contributed by atoms with Crippen LogP contribution in [0.5, 0.6) is 11.5 Å². The van der Waals surface area contributed by atoms with Crippen molar-refractivity contribution in [2.24, 2.45) is 0 Å². The number of hydrogen-bond donors (Lipinski definition) is 0. The van der Waals surface area contributed by atoms with Crippen molar-refractivity contribution in [1.29, 1.82) is 0 Å². The zero-order valence-corrected chi connectivity index (χ0v) is 11.1. The molecule has 0 aliphatic rings. The SMILES string of the molecule is CC(=O)c1ccc(Oc2c(Cl)cccc2[N+](=O)[O-])cn1. The minimum atomic E-state index is -0.585. The van der Waals surface area contributed by atoms with Crippen molar-refractivity contribution in [2.75, 3.05) is 0 Å². The highest BCUT2D eigenvalue weighted by atomic mass is 35.5. The molecule has 0 saturated carbocycles. The number of aromatic nitrogens is 1. The topological polar surface area (TPSA) is 82.3 Å². The van der Waals surface area contributed by atoms with Crippen LogP contribution in [0, 0.1) is 10.1 Å². The number of para-hydroxylation sites is 1. The molecule has 0 radical (unpaired) electrons. The summed E-state index contributed by atoms with van der Waals surface area (Å²) in [4.78, 5) is 25.3. The van der Waals surface area contributed by atoms with E-state index in [2.05, 4.69) is 4.98 Å². The number of hydrogen-bond acceptors (Lipinski definition) is 5. The molecule has 102 valence electrons. The summed E-state index contributed by atoms with van der Waals surface area (Å²) in [5.74, 6) is 0.0167. The highest BCUT2D eigenvalue weighted by Crippen LogP contribution is 2.37. The number of benzene rings is 1. The van der Waals surface area contributed by atoms with Crippen LogP contribution in [-0.4, -0.2) is 15.7 Å². The van der Waals surface area contributed by atoms with Crippen molar-refractivity contribution in [3.8, 4) is 11.5 Å². The van der Waals surface area contributed by atoms with E-state index in [4.69, 9.17) is 16.3 Å². The van der Waals surface area contributed by atoms with Crippen LogP contribution < -0.4 is 4.74 Å². The molecule has 7 heteroatoms. The second-order valence-electron chi connectivity index (χ2n) is 3.88. The van der Waals surface area contributed by atoms with E-state index < -0.39 is 4.92 Å². The van der Waals surface area contributed by atoms with Crippen molar-refractivity contribution in [2.45, 2.75) is 6.92 Å². The number of carbonyl (C=O) groups excluding carboxylic acids is 1. The third kappa shape index (κ3) is 2.92. The van der Waals surface area contributed by atoms with E-state index in [-0.39, 0.29) is 33.7 Å². The van der Waals surface area contributed by atoms with Crippen LogP contribution in [0.4, 0.5) is 5.69 Å². The number of nitro groups is 1. The van der Waals surface area contributed by atoms with Crippen LogP contribution in [0.3, 0.4) is 0 Å². The van der Waals surface area contributed by atoms with Crippen LogP contribution >= 0.6 is 11.6 Å². The van der Waals surface area contributed by atoms with Crippen LogP contribution in [-0.2, 0) is 0 Å². The quantitative estimate of drug-likeness (QED) is 0.488. The smallest absolute Gasteiger partial charge is 0.313 e. The first-order valence-corrected chi connectivity index (χ1v) is 5.94. The van der Waals surface area contributed by atoms with E-state index in [9.17, 15) is 14.9 Å². The van der Waals surface area contributed by atoms with Gasteiger partial charge in [-0.3, -0.25) is 14.9 Å². The molecule has 1 heterocycles. The van der Waals surface area contributed by atoms with Gasteiger partial charge in [0.2, 0.25) is 5.75 Å². The first-order valence-electron chi connectivity index (χ1n) is 5.57. The van der Waals surface area contributed by atoms with Gasteiger partial charge in [0.1, 0.15) is 11.4 Å². The van der Waals surface area contributed by atoms with Crippen molar-refractivity contribution in [3.63, 3.8) is 0 Å². The number of nitrogens with zero attached hydrogens (tertiary/aromatic N) is 2. The van der Waals surface area contributed by atoms with Gasteiger partial charge in [0.25, 0.3) is 0 Å². The Balaban J connectivity index is 2.34. The number of Topliss-reactive ketones (excluding diaryl/α,β-unsaturated/α-hetero) is 1. The Morgan fingerprint density at radius 1 is 1.35 bits per heavy atom. The second-order valence-corrected chi connectivity index (χ2v) is 4.29. The molecule has 0 fully saturated rings. The number of halogens is 1. The van der Waals surface area contributed by atoms with Crippen molar-refractivity contribution in [1.82, 2.24) is 4.98 Å². The predicted octanol–water partition coefficient (Wildman–Crippen LogP) is 3.64. The van der Waals surface area contributed by atoms with Gasteiger partial charge in [-0.05, 0) is 18.2 Å². The molecule has 2 aromatic rings. The van der Waals surface area contributed by atoms with Crippen molar-refractivity contribution in [3.05, 3.63) is 57.4 Å². The van der Waals surface area contributed by atoms with E-state index in [1.165, 1.54) is 43.5 Å². The summed E-state index contributed by atoms with van der Waals surface area (Å²) in [5, 5.41) is 11.0. The highest BCUT2D eigenvalue weighted by Gasteiger charge is 2.19. The fourth-order valence-corrected chi connectivity index (χ4v) is 1.72. The van der Waals surface area contributed by atoms with Gasteiger partial charge in [0.05, 0.1) is 16.1 Å². The van der Waals surface area contributed by atoms with Gasteiger partial charge in [-0.15, -0.1) is 0 Å². The standard InChI is InChI=1S/C13H9ClN2O4/c1-8(17)11-6-5-9(7-15-11)20-13-10(14)3-2-4-12(13)16(18)19/h2-7H,1H3. The molecule has 0 spiro atoms. The molecule has 2 rings (SSSR count). The summed E-state index contributed by atoms with van der Waals surface area (Å²) in [7, 11) is 0. The fraction of sp³-hybridized carbons (Fsp3) is 0.0769. The third-order valence-electron chi connectivity index (χ3n) is 2.46. The summed E-state index contributed by atoms with van der Waals surface area (Å²) in [6.07, 6.45) is 1.31. The van der Waals surface area contributed by atoms with E-state index in [1.54, 1.807) is 0 Å². The third-order valence-corrected chi connectivity index (χ3v) is 2.76. The fourth-order valence-electron chi connectivity index (χ4n) is 1.51. The highest BCUT2D eigenvalue weighted by molar-refractivity contribution is 6.32. The molecule has 20 heavy (non-hydrogen) atoms. The maximum Gasteiger partial charge on any atom is 0.313 e. The number of nitro benzene ring substituents is 1. The summed E-state index contributed by atoms with van der Waals surface area (Å²) in [6.45, 7) is 1.39. The first-order chi connectivity index (χ1) is 9.49. The number of pyridine rings is 1. The average molecular weight is 293 g/mol. The lowest BCUT2D eigenvalue weighted by molar-refractivity contribution is -0.385. The summed E-state index contributed by atoms with van der Waals surface area (Å²) < 4.78 is 5.39. The molecule has 1 aromatic carbocycles. The van der Waals surface area contributed by atoms with Gasteiger partial charge < -0.3 is 4.74 Å². The van der Waals surface area contributed by atoms with Gasteiger partial charge in [-0.1, -0.05) is 17.7 Å². The molecule has 6 nitrogen and oxygen atoms in total. The molecule has 0 unspecified atom stereocenters. The summed E-state index contributed by atoms with van der Waals surface area (Å²) in [6, 6.07) is 7.21. The summed E-state index contributed by atoms with van der Waals surface area (Å²) >= 11 is 5.90. The Morgan fingerprint density at radius 3 is 2.65 bits per heavy atom. The van der Waals surface area contributed by atoms with Gasteiger partial charge in [-0.2, -0.15) is 0 Å². The van der Waals surface area contributed by atoms with Crippen LogP contribution in [0.15, 0.2) is 36.5 Å². The molecular formula is C13H9ClN2O4. The molecule has 0 atom stereocenters. The van der Waals surface area contributed by atoms with Gasteiger partial charge in [0.15, 0.2) is 5.78 Å². The normalized spacial score (nSPS) is 10.1.